The van der Waals surface area contributed by atoms with Gasteiger partial charge < -0.3 is 10.6 Å². The molecule has 0 aliphatic carbocycles. The summed E-state index contributed by atoms with van der Waals surface area (Å²) in [6.45, 7) is 0.711. The third kappa shape index (κ3) is 5.43. The Morgan fingerprint density at radius 3 is 2.32 bits per heavy atom. The van der Waals surface area contributed by atoms with Crippen LogP contribution >= 0.6 is 15.9 Å². The third-order valence-electron chi connectivity index (χ3n) is 3.67. The molecule has 2 aromatic carbocycles. The van der Waals surface area contributed by atoms with Gasteiger partial charge in [-0.15, -0.1) is 0 Å². The zero-order valence-corrected chi connectivity index (χ0v) is 15.2. The Labute approximate surface area is 155 Å². The minimum atomic E-state index is -0.0293. The summed E-state index contributed by atoms with van der Waals surface area (Å²) >= 11 is 3.39. The van der Waals surface area contributed by atoms with Crippen LogP contribution < -0.4 is 10.6 Å². The van der Waals surface area contributed by atoms with Crippen LogP contribution in [0.5, 0.6) is 0 Å². The number of pyridine rings is 1. The van der Waals surface area contributed by atoms with Crippen molar-refractivity contribution in [3.8, 4) is 0 Å². The van der Waals surface area contributed by atoms with E-state index in [0.717, 1.165) is 27.0 Å². The normalized spacial score (nSPS) is 10.3. The summed E-state index contributed by atoms with van der Waals surface area (Å²) in [6, 6.07) is 19.4. The summed E-state index contributed by atoms with van der Waals surface area (Å²) in [5.74, 6) is -0.0293. The van der Waals surface area contributed by atoms with E-state index in [1.807, 2.05) is 66.9 Å². The second-order valence-corrected chi connectivity index (χ2v) is 6.56. The van der Waals surface area contributed by atoms with E-state index in [0.29, 0.717) is 13.0 Å². The second kappa shape index (κ2) is 8.44. The Kier molecular flexibility index (Phi) is 5.80. The molecular formula is C20H18BrN3O. The minimum absolute atomic E-state index is 0.0293. The Morgan fingerprint density at radius 2 is 1.64 bits per heavy atom. The Hall–Kier alpha value is -2.66. The van der Waals surface area contributed by atoms with Crippen molar-refractivity contribution in [3.63, 3.8) is 0 Å². The molecule has 0 spiro atoms. The molecular weight excluding hydrogens is 378 g/mol. The highest BCUT2D eigenvalue weighted by Gasteiger charge is 2.04. The van der Waals surface area contributed by atoms with Crippen LogP contribution in [0.2, 0.25) is 0 Å². The van der Waals surface area contributed by atoms with Crippen LogP contribution in [-0.4, -0.2) is 10.9 Å². The highest BCUT2D eigenvalue weighted by molar-refractivity contribution is 9.10. The van der Waals surface area contributed by atoms with Crippen molar-refractivity contribution in [2.75, 3.05) is 10.6 Å². The average molecular weight is 396 g/mol. The summed E-state index contributed by atoms with van der Waals surface area (Å²) < 4.78 is 1.01. The standard InChI is InChI=1S/C20H18BrN3O/c21-17-5-3-15(4-6-17)12-20(25)24-19-9-7-18(8-10-19)23-14-16-2-1-11-22-13-16/h1-11,13,23H,12,14H2,(H,24,25). The SMILES string of the molecule is O=C(Cc1ccc(Br)cc1)Nc1ccc(NCc2cccnc2)cc1. The van der Waals surface area contributed by atoms with Gasteiger partial charge in [0.15, 0.2) is 0 Å². The Morgan fingerprint density at radius 1 is 0.920 bits per heavy atom. The number of amides is 1. The van der Waals surface area contributed by atoms with E-state index >= 15 is 0 Å². The van der Waals surface area contributed by atoms with E-state index in [-0.39, 0.29) is 5.91 Å². The van der Waals surface area contributed by atoms with Gasteiger partial charge >= 0.3 is 0 Å². The Bertz CT molecular complexity index is 818. The van der Waals surface area contributed by atoms with Gasteiger partial charge in [-0.25, -0.2) is 0 Å². The second-order valence-electron chi connectivity index (χ2n) is 5.64. The van der Waals surface area contributed by atoms with Crippen LogP contribution in [0.4, 0.5) is 11.4 Å². The first kappa shape index (κ1) is 17.2. The van der Waals surface area contributed by atoms with Crippen molar-refractivity contribution in [2.45, 2.75) is 13.0 Å². The van der Waals surface area contributed by atoms with Crippen molar-refractivity contribution < 1.29 is 4.79 Å². The highest BCUT2D eigenvalue weighted by atomic mass is 79.9. The molecule has 2 N–H and O–H groups in total. The summed E-state index contributed by atoms with van der Waals surface area (Å²) in [5.41, 5.74) is 3.88. The van der Waals surface area contributed by atoms with Crippen molar-refractivity contribution in [1.82, 2.24) is 4.98 Å². The van der Waals surface area contributed by atoms with Gasteiger partial charge in [0.1, 0.15) is 0 Å². The molecule has 126 valence electrons. The number of carbonyl (C=O) groups excluding carboxylic acids is 1. The summed E-state index contributed by atoms with van der Waals surface area (Å²) in [6.07, 6.45) is 3.95. The molecule has 1 heterocycles. The molecule has 0 fully saturated rings. The quantitative estimate of drug-likeness (QED) is 0.639. The fourth-order valence-corrected chi connectivity index (χ4v) is 2.64. The molecule has 0 aliphatic rings. The number of carbonyl (C=O) groups is 1. The first-order valence-corrected chi connectivity index (χ1v) is 8.75. The van der Waals surface area contributed by atoms with E-state index < -0.39 is 0 Å². The van der Waals surface area contributed by atoms with Crippen LogP contribution in [0.3, 0.4) is 0 Å². The van der Waals surface area contributed by atoms with Gasteiger partial charge in [-0.2, -0.15) is 0 Å². The number of nitrogens with one attached hydrogen (secondary N) is 2. The predicted octanol–water partition coefficient (Wildman–Crippen LogP) is 4.64. The topological polar surface area (TPSA) is 54.0 Å². The van der Waals surface area contributed by atoms with Crippen molar-refractivity contribution in [2.24, 2.45) is 0 Å². The number of halogens is 1. The lowest BCUT2D eigenvalue weighted by molar-refractivity contribution is -0.115. The number of nitrogens with zero attached hydrogens (tertiary/aromatic N) is 1. The fraction of sp³-hybridized carbons (Fsp3) is 0.100. The number of rotatable bonds is 6. The zero-order chi connectivity index (χ0) is 17.5. The van der Waals surface area contributed by atoms with Crippen LogP contribution in [0.25, 0.3) is 0 Å². The smallest absolute Gasteiger partial charge is 0.228 e. The monoisotopic (exact) mass is 395 g/mol. The van der Waals surface area contributed by atoms with Crippen LogP contribution in [-0.2, 0) is 17.8 Å². The number of hydrogen-bond donors (Lipinski definition) is 2. The lowest BCUT2D eigenvalue weighted by Crippen LogP contribution is -2.14. The number of anilines is 2. The molecule has 1 aromatic heterocycles. The molecule has 0 aliphatic heterocycles. The number of hydrogen-bond acceptors (Lipinski definition) is 3. The fourth-order valence-electron chi connectivity index (χ4n) is 2.37. The summed E-state index contributed by atoms with van der Waals surface area (Å²) in [4.78, 5) is 16.2. The molecule has 0 saturated carbocycles. The van der Waals surface area contributed by atoms with E-state index in [2.05, 4.69) is 31.5 Å². The molecule has 1 amide bonds. The summed E-state index contributed by atoms with van der Waals surface area (Å²) in [5, 5.41) is 6.25. The maximum atomic E-state index is 12.1. The average Bonchev–Trinajstić information content (AvgIpc) is 2.64. The van der Waals surface area contributed by atoms with E-state index in [9.17, 15) is 4.79 Å². The molecule has 25 heavy (non-hydrogen) atoms. The molecule has 0 radical (unpaired) electrons. The zero-order valence-electron chi connectivity index (χ0n) is 13.6. The molecule has 0 bridgehead atoms. The molecule has 3 rings (SSSR count). The predicted molar refractivity (Wildman–Crippen MR) is 104 cm³/mol. The van der Waals surface area contributed by atoms with E-state index in [1.54, 1.807) is 6.20 Å². The largest absolute Gasteiger partial charge is 0.381 e. The number of aromatic nitrogens is 1. The van der Waals surface area contributed by atoms with Gasteiger partial charge in [-0.1, -0.05) is 34.1 Å². The van der Waals surface area contributed by atoms with Gasteiger partial charge in [0.2, 0.25) is 5.91 Å². The first-order chi connectivity index (χ1) is 12.2. The van der Waals surface area contributed by atoms with E-state index in [1.165, 1.54) is 0 Å². The maximum Gasteiger partial charge on any atom is 0.228 e. The highest BCUT2D eigenvalue weighted by Crippen LogP contribution is 2.16. The first-order valence-electron chi connectivity index (χ1n) is 7.96. The van der Waals surface area contributed by atoms with Crippen LogP contribution in [0.15, 0.2) is 77.5 Å². The van der Waals surface area contributed by atoms with Gasteiger partial charge in [0.25, 0.3) is 0 Å². The van der Waals surface area contributed by atoms with Crippen LogP contribution in [0, 0.1) is 0 Å². The lowest BCUT2D eigenvalue weighted by Gasteiger charge is -2.09. The molecule has 4 nitrogen and oxygen atoms in total. The van der Waals surface area contributed by atoms with Gasteiger partial charge in [0, 0.05) is 34.8 Å². The van der Waals surface area contributed by atoms with Crippen molar-refractivity contribution >= 4 is 33.2 Å². The van der Waals surface area contributed by atoms with Gasteiger partial charge in [-0.05, 0) is 53.6 Å². The molecule has 0 saturated heterocycles. The van der Waals surface area contributed by atoms with Gasteiger partial charge in [-0.3, -0.25) is 9.78 Å². The molecule has 0 unspecified atom stereocenters. The molecule has 5 heteroatoms. The minimum Gasteiger partial charge on any atom is -0.381 e. The summed E-state index contributed by atoms with van der Waals surface area (Å²) in [7, 11) is 0. The number of benzene rings is 2. The van der Waals surface area contributed by atoms with Crippen molar-refractivity contribution in [3.05, 3.63) is 88.7 Å². The van der Waals surface area contributed by atoms with Crippen molar-refractivity contribution in [1.29, 1.82) is 0 Å². The maximum absolute atomic E-state index is 12.1. The van der Waals surface area contributed by atoms with Crippen LogP contribution in [0.1, 0.15) is 11.1 Å². The molecule has 0 atom stereocenters. The third-order valence-corrected chi connectivity index (χ3v) is 4.19. The van der Waals surface area contributed by atoms with E-state index in [4.69, 9.17) is 0 Å². The Balaban J connectivity index is 1.51. The molecule has 3 aromatic rings. The van der Waals surface area contributed by atoms with Gasteiger partial charge in [0.05, 0.1) is 6.42 Å². The lowest BCUT2D eigenvalue weighted by atomic mass is 10.1.